The van der Waals surface area contributed by atoms with E-state index >= 15 is 0 Å². The van der Waals surface area contributed by atoms with Crippen molar-refractivity contribution >= 4 is 0 Å². The Morgan fingerprint density at radius 2 is 1.94 bits per heavy atom. The Kier molecular flexibility index (Phi) is 4.72. The molecule has 92 valence electrons. The molecule has 0 aliphatic carbocycles. The van der Waals surface area contributed by atoms with Crippen LogP contribution in [0.1, 0.15) is 38.8 Å². The molecular formula is C15H22N2. The summed E-state index contributed by atoms with van der Waals surface area (Å²) in [7, 11) is 0. The first-order valence-corrected chi connectivity index (χ1v) is 6.14. The van der Waals surface area contributed by atoms with Crippen molar-refractivity contribution < 1.29 is 0 Å². The van der Waals surface area contributed by atoms with E-state index in [0.717, 1.165) is 24.2 Å². The second-order valence-corrected chi connectivity index (χ2v) is 5.67. The molecule has 17 heavy (non-hydrogen) atoms. The van der Waals surface area contributed by atoms with Gasteiger partial charge in [0.25, 0.3) is 0 Å². The van der Waals surface area contributed by atoms with Crippen molar-refractivity contribution in [2.45, 2.75) is 34.2 Å². The van der Waals surface area contributed by atoms with Gasteiger partial charge in [0.1, 0.15) is 0 Å². The smallest absolute Gasteiger partial charge is 0.0995 e. The molecule has 0 saturated heterocycles. The van der Waals surface area contributed by atoms with Gasteiger partial charge in [-0.15, -0.1) is 0 Å². The molecule has 0 heterocycles. The van der Waals surface area contributed by atoms with Gasteiger partial charge in [-0.1, -0.05) is 45.9 Å². The van der Waals surface area contributed by atoms with Crippen LogP contribution in [0.3, 0.4) is 0 Å². The average molecular weight is 230 g/mol. The number of hydrogen-bond donors (Lipinski definition) is 1. The monoisotopic (exact) mass is 230 g/mol. The first-order valence-electron chi connectivity index (χ1n) is 6.14. The molecule has 0 bridgehead atoms. The number of nitrogens with one attached hydrogen (secondary N) is 1. The lowest BCUT2D eigenvalue weighted by Gasteiger charge is -2.27. The fourth-order valence-electron chi connectivity index (χ4n) is 1.51. The van der Waals surface area contributed by atoms with E-state index in [2.05, 4.69) is 39.1 Å². The van der Waals surface area contributed by atoms with Crippen molar-refractivity contribution in [1.29, 1.82) is 5.26 Å². The lowest BCUT2D eigenvalue weighted by Crippen LogP contribution is -2.29. The zero-order valence-electron chi connectivity index (χ0n) is 11.2. The molecule has 0 amide bonds. The molecule has 0 aliphatic rings. The lowest BCUT2D eigenvalue weighted by molar-refractivity contribution is 0.252. The molecule has 2 nitrogen and oxygen atoms in total. The highest BCUT2D eigenvalue weighted by Crippen LogP contribution is 2.24. The summed E-state index contributed by atoms with van der Waals surface area (Å²) in [5.41, 5.74) is 2.17. The number of nitrogens with zero attached hydrogens (tertiary/aromatic N) is 1. The van der Waals surface area contributed by atoms with E-state index in [0.29, 0.717) is 11.3 Å². The molecule has 0 aliphatic heterocycles. The van der Waals surface area contributed by atoms with E-state index in [1.807, 2.05) is 24.3 Å². The van der Waals surface area contributed by atoms with Crippen molar-refractivity contribution in [3.63, 3.8) is 0 Å². The molecule has 2 heteroatoms. The molecule has 1 aromatic rings. The molecule has 1 atom stereocenters. The van der Waals surface area contributed by atoms with Crippen LogP contribution in [0.4, 0.5) is 0 Å². The van der Waals surface area contributed by atoms with Gasteiger partial charge in [0, 0.05) is 6.54 Å². The molecule has 0 spiro atoms. The maximum Gasteiger partial charge on any atom is 0.0995 e. The van der Waals surface area contributed by atoms with Gasteiger partial charge >= 0.3 is 0 Å². The van der Waals surface area contributed by atoms with Gasteiger partial charge in [-0.2, -0.15) is 5.26 Å². The number of hydrogen-bond acceptors (Lipinski definition) is 2. The highest BCUT2D eigenvalue weighted by molar-refractivity contribution is 5.37. The quantitative estimate of drug-likeness (QED) is 0.861. The first-order chi connectivity index (χ1) is 7.95. The summed E-state index contributed by atoms with van der Waals surface area (Å²) in [5.74, 6) is 0.608. The summed E-state index contributed by atoms with van der Waals surface area (Å²) in [6, 6.07) is 9.98. The Labute approximate surface area is 105 Å². The molecular weight excluding hydrogens is 208 g/mol. The second-order valence-electron chi connectivity index (χ2n) is 5.67. The van der Waals surface area contributed by atoms with Crippen LogP contribution in [0, 0.1) is 22.7 Å². The Hall–Kier alpha value is -1.33. The molecule has 0 radical (unpaired) electrons. The molecule has 0 saturated carbocycles. The van der Waals surface area contributed by atoms with Crippen molar-refractivity contribution in [3.8, 4) is 6.07 Å². The Balaban J connectivity index is 2.50. The molecule has 1 aromatic carbocycles. The van der Waals surface area contributed by atoms with Gasteiger partial charge in [0.2, 0.25) is 0 Å². The maximum atomic E-state index is 8.98. The zero-order valence-corrected chi connectivity index (χ0v) is 11.2. The van der Waals surface area contributed by atoms with Crippen LogP contribution in [0.15, 0.2) is 24.3 Å². The van der Waals surface area contributed by atoms with E-state index in [1.165, 1.54) is 0 Å². The largest absolute Gasteiger partial charge is 0.312 e. The van der Waals surface area contributed by atoms with Crippen molar-refractivity contribution in [2.24, 2.45) is 11.3 Å². The van der Waals surface area contributed by atoms with Gasteiger partial charge in [-0.3, -0.25) is 0 Å². The Morgan fingerprint density at radius 3 is 2.53 bits per heavy atom. The lowest BCUT2D eigenvalue weighted by atomic mass is 9.82. The van der Waals surface area contributed by atoms with E-state index in [4.69, 9.17) is 5.26 Å². The van der Waals surface area contributed by atoms with E-state index in [1.54, 1.807) is 0 Å². The number of nitriles is 1. The highest BCUT2D eigenvalue weighted by atomic mass is 14.9. The van der Waals surface area contributed by atoms with Crippen LogP contribution in [0.25, 0.3) is 0 Å². The summed E-state index contributed by atoms with van der Waals surface area (Å²) in [6.45, 7) is 10.8. The van der Waals surface area contributed by atoms with E-state index < -0.39 is 0 Å². The van der Waals surface area contributed by atoms with Crippen LogP contribution in [0.5, 0.6) is 0 Å². The third-order valence-electron chi connectivity index (χ3n) is 3.38. The van der Waals surface area contributed by atoms with Crippen LogP contribution in [-0.4, -0.2) is 6.54 Å². The fourth-order valence-corrected chi connectivity index (χ4v) is 1.51. The highest BCUT2D eigenvalue weighted by Gasteiger charge is 2.19. The summed E-state index contributed by atoms with van der Waals surface area (Å²) >= 11 is 0. The molecule has 1 rings (SSSR count). The number of benzene rings is 1. The third kappa shape index (κ3) is 4.20. The van der Waals surface area contributed by atoms with Gasteiger partial charge in [0.05, 0.1) is 11.6 Å². The standard InChI is InChI=1S/C15H22N2/c1-12(15(2,3)4)10-17-11-14-8-6-5-7-13(14)9-16/h5-8,12,17H,10-11H2,1-4H3. The van der Waals surface area contributed by atoms with E-state index in [-0.39, 0.29) is 0 Å². The summed E-state index contributed by atoms with van der Waals surface area (Å²) in [5, 5.41) is 12.4. The van der Waals surface area contributed by atoms with Gasteiger partial charge < -0.3 is 5.32 Å². The van der Waals surface area contributed by atoms with Crippen LogP contribution >= 0.6 is 0 Å². The van der Waals surface area contributed by atoms with Gasteiger partial charge in [0.15, 0.2) is 0 Å². The third-order valence-corrected chi connectivity index (χ3v) is 3.38. The predicted molar refractivity (Wildman–Crippen MR) is 71.5 cm³/mol. The van der Waals surface area contributed by atoms with Gasteiger partial charge in [-0.05, 0) is 29.5 Å². The fraction of sp³-hybridized carbons (Fsp3) is 0.533. The predicted octanol–water partition coefficient (Wildman–Crippen LogP) is 3.33. The normalized spacial score (nSPS) is 13.1. The summed E-state index contributed by atoms with van der Waals surface area (Å²) in [4.78, 5) is 0. The minimum Gasteiger partial charge on any atom is -0.312 e. The summed E-state index contributed by atoms with van der Waals surface area (Å²) < 4.78 is 0. The minimum atomic E-state index is 0.321. The van der Waals surface area contributed by atoms with Gasteiger partial charge in [-0.25, -0.2) is 0 Å². The maximum absolute atomic E-state index is 8.98. The van der Waals surface area contributed by atoms with Crippen molar-refractivity contribution in [2.75, 3.05) is 6.54 Å². The number of rotatable bonds is 4. The second kappa shape index (κ2) is 5.84. The molecule has 0 fully saturated rings. The van der Waals surface area contributed by atoms with Crippen molar-refractivity contribution in [3.05, 3.63) is 35.4 Å². The first kappa shape index (κ1) is 13.7. The van der Waals surface area contributed by atoms with E-state index in [9.17, 15) is 0 Å². The van der Waals surface area contributed by atoms with Crippen molar-refractivity contribution in [1.82, 2.24) is 5.32 Å². The van der Waals surface area contributed by atoms with Crippen LogP contribution < -0.4 is 5.32 Å². The zero-order chi connectivity index (χ0) is 12.9. The molecule has 1 unspecified atom stereocenters. The minimum absolute atomic E-state index is 0.321. The average Bonchev–Trinajstić information content (AvgIpc) is 2.28. The van der Waals surface area contributed by atoms with Crippen LogP contribution in [0.2, 0.25) is 0 Å². The molecule has 0 aromatic heterocycles. The topological polar surface area (TPSA) is 35.8 Å². The molecule has 1 N–H and O–H groups in total. The Bertz CT molecular complexity index is 396. The summed E-state index contributed by atoms with van der Waals surface area (Å²) in [6.07, 6.45) is 0. The van der Waals surface area contributed by atoms with Crippen LogP contribution in [-0.2, 0) is 6.54 Å². The Morgan fingerprint density at radius 1 is 1.29 bits per heavy atom. The SMILES string of the molecule is CC(CNCc1ccccc1C#N)C(C)(C)C.